The Balaban J connectivity index is 1.70. The molecule has 0 radical (unpaired) electrons. The predicted octanol–water partition coefficient (Wildman–Crippen LogP) is 1.88. The minimum Gasteiger partial charge on any atom is -0.486 e. The molecule has 158 valence electrons. The molecule has 2 aromatic carbocycles. The molecule has 0 aliphatic carbocycles. The van der Waals surface area contributed by atoms with Crippen LogP contribution in [0.15, 0.2) is 59.6 Å². The molecule has 2 aromatic rings. The normalized spacial score (nSPS) is 13.0. The van der Waals surface area contributed by atoms with E-state index in [2.05, 4.69) is 20.3 Å². The van der Waals surface area contributed by atoms with Gasteiger partial charge in [0.1, 0.15) is 6.10 Å². The number of sulfonamides is 1. The van der Waals surface area contributed by atoms with Crippen molar-refractivity contribution in [3.05, 3.63) is 66.0 Å². The predicted molar refractivity (Wildman–Crippen MR) is 113 cm³/mol. The third-order valence-corrected chi connectivity index (χ3v) is 5.27. The van der Waals surface area contributed by atoms with E-state index in [1.807, 2.05) is 30.3 Å². The molecule has 0 aliphatic rings. The van der Waals surface area contributed by atoms with E-state index < -0.39 is 15.8 Å². The minimum atomic E-state index is -3.42. The number of hydrogen-bond donors (Lipinski definition) is 3. The molecule has 0 aromatic heterocycles. The van der Waals surface area contributed by atoms with E-state index in [1.165, 1.54) is 6.07 Å². The highest BCUT2D eigenvalue weighted by Gasteiger charge is 2.11. The van der Waals surface area contributed by atoms with Crippen molar-refractivity contribution in [2.24, 2.45) is 4.99 Å². The Morgan fingerprint density at radius 2 is 1.79 bits per heavy atom. The summed E-state index contributed by atoms with van der Waals surface area (Å²) in [4.78, 5) is 4.05. The van der Waals surface area contributed by atoms with Gasteiger partial charge in [-0.1, -0.05) is 42.5 Å². The van der Waals surface area contributed by atoms with E-state index in [9.17, 15) is 12.8 Å². The maximum atomic E-state index is 13.6. The van der Waals surface area contributed by atoms with Gasteiger partial charge in [-0.2, -0.15) is 0 Å². The molecular weight excluding hydrogens is 395 g/mol. The maximum Gasteiger partial charge on any atom is 0.213 e. The number of ether oxygens (including phenoxy) is 1. The highest BCUT2D eigenvalue weighted by atomic mass is 32.2. The van der Waals surface area contributed by atoms with Crippen LogP contribution in [0.2, 0.25) is 0 Å². The second-order valence-electron chi connectivity index (χ2n) is 6.36. The van der Waals surface area contributed by atoms with Gasteiger partial charge in [-0.15, -0.1) is 0 Å². The van der Waals surface area contributed by atoms with Gasteiger partial charge in [0.2, 0.25) is 10.0 Å². The fourth-order valence-electron chi connectivity index (χ4n) is 2.42. The van der Waals surface area contributed by atoms with E-state index in [1.54, 1.807) is 32.2 Å². The molecule has 0 bridgehead atoms. The van der Waals surface area contributed by atoms with Crippen molar-refractivity contribution >= 4 is 16.0 Å². The molecule has 0 saturated carbocycles. The van der Waals surface area contributed by atoms with Crippen LogP contribution in [0.4, 0.5) is 4.39 Å². The molecule has 7 nitrogen and oxygen atoms in total. The van der Waals surface area contributed by atoms with E-state index in [0.717, 1.165) is 5.56 Å². The molecule has 0 saturated heterocycles. The Kier molecular flexibility index (Phi) is 8.88. The maximum absolute atomic E-state index is 13.6. The number of rotatable bonds is 10. The third-order valence-electron chi connectivity index (χ3n) is 3.95. The molecule has 2 rings (SSSR count). The van der Waals surface area contributed by atoms with Crippen molar-refractivity contribution in [3.63, 3.8) is 0 Å². The molecule has 0 fully saturated rings. The number of benzene rings is 2. The average molecular weight is 423 g/mol. The average Bonchev–Trinajstić information content (AvgIpc) is 2.71. The Labute approximate surface area is 171 Å². The lowest BCUT2D eigenvalue weighted by molar-refractivity contribution is 0.214. The second kappa shape index (κ2) is 11.4. The molecule has 3 N–H and O–H groups in total. The molecule has 1 atom stereocenters. The van der Waals surface area contributed by atoms with Crippen LogP contribution >= 0.6 is 0 Å². The van der Waals surface area contributed by atoms with Crippen LogP contribution in [-0.2, 0) is 16.6 Å². The van der Waals surface area contributed by atoms with Crippen molar-refractivity contribution in [3.8, 4) is 5.75 Å². The summed E-state index contributed by atoms with van der Waals surface area (Å²) in [6, 6.07) is 15.5. The van der Waals surface area contributed by atoms with E-state index in [-0.39, 0.29) is 30.7 Å². The summed E-state index contributed by atoms with van der Waals surface area (Å²) in [6.45, 7) is 2.60. The Hall–Kier alpha value is -2.65. The largest absolute Gasteiger partial charge is 0.486 e. The number of aliphatic imine (C=N–C) groups is 1. The monoisotopic (exact) mass is 422 g/mol. The highest BCUT2D eigenvalue weighted by molar-refractivity contribution is 7.89. The molecule has 0 aliphatic heterocycles. The number of para-hydroxylation sites is 1. The summed E-state index contributed by atoms with van der Waals surface area (Å²) in [5.41, 5.74) is 0.894. The zero-order valence-corrected chi connectivity index (χ0v) is 17.4. The molecular formula is C20H27FN4O3S. The summed E-state index contributed by atoms with van der Waals surface area (Å²) in [5, 5.41) is 5.97. The summed E-state index contributed by atoms with van der Waals surface area (Å²) in [6.07, 6.45) is -0.318. The molecule has 0 spiro atoms. The van der Waals surface area contributed by atoms with Gasteiger partial charge in [-0.3, -0.25) is 4.99 Å². The van der Waals surface area contributed by atoms with Crippen LogP contribution in [0.25, 0.3) is 0 Å². The first-order chi connectivity index (χ1) is 13.9. The first kappa shape index (κ1) is 22.6. The van der Waals surface area contributed by atoms with Crippen LogP contribution in [0.3, 0.4) is 0 Å². The molecule has 1 unspecified atom stereocenters. The minimum absolute atomic E-state index is 0.0954. The van der Waals surface area contributed by atoms with Crippen LogP contribution in [0, 0.1) is 5.82 Å². The van der Waals surface area contributed by atoms with Gasteiger partial charge in [0, 0.05) is 20.1 Å². The second-order valence-corrected chi connectivity index (χ2v) is 8.29. The summed E-state index contributed by atoms with van der Waals surface area (Å²) >= 11 is 0. The van der Waals surface area contributed by atoms with Gasteiger partial charge in [-0.05, 0) is 24.6 Å². The highest BCUT2D eigenvalue weighted by Crippen LogP contribution is 2.16. The topological polar surface area (TPSA) is 91.8 Å². The lowest BCUT2D eigenvalue weighted by Gasteiger charge is -2.18. The molecule has 0 heterocycles. The summed E-state index contributed by atoms with van der Waals surface area (Å²) in [5.74, 6) is 0.101. The van der Waals surface area contributed by atoms with Crippen molar-refractivity contribution in [2.45, 2.75) is 19.6 Å². The summed E-state index contributed by atoms with van der Waals surface area (Å²) in [7, 11) is -1.84. The van der Waals surface area contributed by atoms with Crippen molar-refractivity contribution in [1.82, 2.24) is 15.4 Å². The Morgan fingerprint density at radius 3 is 2.48 bits per heavy atom. The number of halogens is 1. The molecule has 0 amide bonds. The van der Waals surface area contributed by atoms with Gasteiger partial charge in [0.25, 0.3) is 0 Å². The fraction of sp³-hybridized carbons (Fsp3) is 0.350. The summed E-state index contributed by atoms with van der Waals surface area (Å²) < 4.78 is 45.9. The first-order valence-corrected chi connectivity index (χ1v) is 10.9. The number of nitrogens with one attached hydrogen (secondary N) is 3. The van der Waals surface area contributed by atoms with Crippen LogP contribution in [0.5, 0.6) is 5.75 Å². The van der Waals surface area contributed by atoms with Gasteiger partial charge < -0.3 is 15.4 Å². The molecule has 9 heteroatoms. The van der Waals surface area contributed by atoms with Gasteiger partial charge in [-0.25, -0.2) is 17.5 Å². The Bertz CT molecular complexity index is 892. The van der Waals surface area contributed by atoms with Crippen LogP contribution in [0.1, 0.15) is 12.5 Å². The zero-order valence-electron chi connectivity index (χ0n) is 16.6. The van der Waals surface area contributed by atoms with Gasteiger partial charge in [0.15, 0.2) is 17.5 Å². The smallest absolute Gasteiger partial charge is 0.213 e. The van der Waals surface area contributed by atoms with Crippen molar-refractivity contribution in [2.75, 3.05) is 25.9 Å². The van der Waals surface area contributed by atoms with Gasteiger partial charge in [0.05, 0.1) is 12.3 Å². The van der Waals surface area contributed by atoms with E-state index in [0.29, 0.717) is 12.5 Å². The van der Waals surface area contributed by atoms with E-state index >= 15 is 0 Å². The lowest BCUT2D eigenvalue weighted by Crippen LogP contribution is -2.44. The molecule has 29 heavy (non-hydrogen) atoms. The van der Waals surface area contributed by atoms with Crippen LogP contribution < -0.4 is 20.1 Å². The van der Waals surface area contributed by atoms with Crippen molar-refractivity contribution < 1.29 is 17.5 Å². The van der Waals surface area contributed by atoms with Crippen molar-refractivity contribution in [1.29, 1.82) is 0 Å². The number of nitrogens with zero attached hydrogens (tertiary/aromatic N) is 1. The van der Waals surface area contributed by atoms with Gasteiger partial charge >= 0.3 is 0 Å². The lowest BCUT2D eigenvalue weighted by atomic mass is 10.2. The Morgan fingerprint density at radius 1 is 1.10 bits per heavy atom. The standard InChI is InChI=1S/C20H27FN4O3S/c1-16(28-19-11-7-6-10-18(19)21)14-24-20(22-2)23-12-13-29(26,27)25-15-17-8-4-3-5-9-17/h3-11,16,25H,12-15H2,1-2H3,(H2,22,23,24). The van der Waals surface area contributed by atoms with E-state index in [4.69, 9.17) is 4.74 Å². The third kappa shape index (κ3) is 8.49. The fourth-order valence-corrected chi connectivity index (χ4v) is 3.33. The number of hydrogen-bond acceptors (Lipinski definition) is 4. The first-order valence-electron chi connectivity index (χ1n) is 9.26. The number of guanidine groups is 1. The quantitative estimate of drug-likeness (QED) is 0.402. The van der Waals surface area contributed by atoms with Crippen LogP contribution in [-0.4, -0.2) is 46.4 Å². The zero-order chi connectivity index (χ0) is 21.1. The SMILES string of the molecule is CN=C(NCCS(=O)(=O)NCc1ccccc1)NCC(C)Oc1ccccc1F.